The van der Waals surface area contributed by atoms with Crippen LogP contribution in [0, 0.1) is 6.92 Å². The van der Waals surface area contributed by atoms with Gasteiger partial charge in [-0.15, -0.1) is 0 Å². The van der Waals surface area contributed by atoms with Gasteiger partial charge in [-0.3, -0.25) is 0 Å². The Morgan fingerprint density at radius 2 is 1.69 bits per heavy atom. The molecule has 6 rings (SSSR count). The molecule has 0 radical (unpaired) electrons. The Hall–Kier alpha value is -2.91. The summed E-state index contributed by atoms with van der Waals surface area (Å²) in [5, 5.41) is 5.84. The molecule has 0 unspecified atom stereocenters. The van der Waals surface area contributed by atoms with Crippen LogP contribution in [0.2, 0.25) is 0 Å². The summed E-state index contributed by atoms with van der Waals surface area (Å²) in [6.45, 7) is 2.23. The van der Waals surface area contributed by atoms with E-state index in [1.165, 1.54) is 49.8 Å². The molecule has 124 valence electrons. The fraction of sp³-hybridized carbons (Fsp3) is 0.0870. The van der Waals surface area contributed by atoms with Gasteiger partial charge in [0.15, 0.2) is 6.20 Å². The van der Waals surface area contributed by atoms with Gasteiger partial charge in [-0.1, -0.05) is 42.5 Å². The van der Waals surface area contributed by atoms with Crippen LogP contribution in [0.25, 0.3) is 22.0 Å². The van der Waals surface area contributed by atoms with E-state index in [1.54, 1.807) is 5.19 Å². The van der Waals surface area contributed by atoms with Crippen LogP contribution in [-0.2, 0) is 7.05 Å². The highest BCUT2D eigenvalue weighted by atomic mass is 28.2. The number of fused-ring (bicyclic) bond motifs is 5. The molecule has 2 aliphatic heterocycles. The van der Waals surface area contributed by atoms with Gasteiger partial charge in [-0.05, 0) is 40.4 Å². The van der Waals surface area contributed by atoms with Crippen LogP contribution in [0.4, 0.5) is 17.1 Å². The molecule has 0 spiro atoms. The lowest BCUT2D eigenvalue weighted by molar-refractivity contribution is -0.659. The third kappa shape index (κ3) is 1.64. The third-order valence-electron chi connectivity index (χ3n) is 5.93. The number of rotatable bonds is 0. The molecule has 4 aromatic rings. The van der Waals surface area contributed by atoms with Crippen molar-refractivity contribution in [2.75, 3.05) is 4.90 Å². The Bertz CT molecular complexity index is 1240. The first-order valence-electron chi connectivity index (χ1n) is 9.16. The smallest absolute Gasteiger partial charge is 0.224 e. The van der Waals surface area contributed by atoms with Crippen LogP contribution < -0.4 is 19.8 Å². The SMILES string of the molecule is Cc1cccc2c1-c1c3c4c(ccc3cc[n+]1C)[SiH2]c1ccccc1N24. The predicted octanol–water partition coefficient (Wildman–Crippen LogP) is 2.86. The fourth-order valence-electron chi connectivity index (χ4n) is 4.78. The van der Waals surface area contributed by atoms with E-state index >= 15 is 0 Å². The minimum Gasteiger partial charge on any atom is -0.309 e. The molecule has 1 aromatic heterocycles. The van der Waals surface area contributed by atoms with E-state index in [0.717, 1.165) is 0 Å². The quantitative estimate of drug-likeness (QED) is 0.301. The standard InChI is InChI=1S/C23H19N2Si/c1-14-6-5-8-17-20(14)23-21-15(12-13-24(23)2)10-11-19-22(21)25(17)16-7-3-4-9-18(16)26-19/h3-13H,26H2,1-2H3/q+1. The van der Waals surface area contributed by atoms with Gasteiger partial charge in [0.25, 0.3) is 0 Å². The first kappa shape index (κ1) is 14.3. The molecule has 3 heterocycles. The lowest BCUT2D eigenvalue weighted by Gasteiger charge is -2.38. The summed E-state index contributed by atoms with van der Waals surface area (Å²) in [6, 6.07) is 22.6. The minimum absolute atomic E-state index is 0.470. The van der Waals surface area contributed by atoms with Gasteiger partial charge >= 0.3 is 0 Å². The molecule has 0 aliphatic carbocycles. The Labute approximate surface area is 155 Å². The number of anilines is 3. The van der Waals surface area contributed by atoms with Crippen molar-refractivity contribution in [3.63, 3.8) is 0 Å². The molecule has 3 heteroatoms. The van der Waals surface area contributed by atoms with Crippen molar-refractivity contribution >= 4 is 47.7 Å². The number of nitrogens with zero attached hydrogens (tertiary/aromatic N) is 2. The number of hydrogen-bond acceptors (Lipinski definition) is 1. The molecular weight excluding hydrogens is 332 g/mol. The molecule has 0 saturated carbocycles. The molecule has 26 heavy (non-hydrogen) atoms. The molecule has 2 aliphatic rings. The van der Waals surface area contributed by atoms with Gasteiger partial charge in [-0.25, -0.2) is 4.57 Å². The summed E-state index contributed by atoms with van der Waals surface area (Å²) >= 11 is 0. The van der Waals surface area contributed by atoms with Gasteiger partial charge in [0.1, 0.15) is 7.05 Å². The number of para-hydroxylation sites is 1. The van der Waals surface area contributed by atoms with Crippen LogP contribution in [0.5, 0.6) is 0 Å². The van der Waals surface area contributed by atoms with E-state index in [2.05, 4.69) is 90.3 Å². The highest BCUT2D eigenvalue weighted by Gasteiger charge is 2.36. The summed E-state index contributed by atoms with van der Waals surface area (Å²) in [5.41, 5.74) is 8.18. The monoisotopic (exact) mass is 351 g/mol. The van der Waals surface area contributed by atoms with Crippen molar-refractivity contribution in [2.24, 2.45) is 7.05 Å². The van der Waals surface area contributed by atoms with Gasteiger partial charge in [0.2, 0.25) is 5.69 Å². The Balaban J connectivity index is 1.89. The lowest BCUT2D eigenvalue weighted by atomic mass is 9.91. The molecule has 0 atom stereocenters. The summed E-state index contributed by atoms with van der Waals surface area (Å²) < 4.78 is 2.30. The second-order valence-electron chi connectivity index (χ2n) is 7.42. The Kier molecular flexibility index (Phi) is 2.65. The number of aromatic nitrogens is 1. The highest BCUT2D eigenvalue weighted by molar-refractivity contribution is 6.72. The zero-order valence-corrected chi connectivity index (χ0v) is 16.4. The lowest BCUT2D eigenvalue weighted by Crippen LogP contribution is -2.42. The van der Waals surface area contributed by atoms with E-state index in [4.69, 9.17) is 0 Å². The van der Waals surface area contributed by atoms with Crippen LogP contribution in [0.1, 0.15) is 5.56 Å². The topological polar surface area (TPSA) is 7.12 Å². The van der Waals surface area contributed by atoms with E-state index < -0.39 is 9.52 Å². The number of pyridine rings is 1. The highest BCUT2D eigenvalue weighted by Crippen LogP contribution is 2.50. The summed E-state index contributed by atoms with van der Waals surface area (Å²) in [6.07, 6.45) is 2.20. The van der Waals surface area contributed by atoms with Crippen molar-refractivity contribution in [1.29, 1.82) is 0 Å². The van der Waals surface area contributed by atoms with Gasteiger partial charge < -0.3 is 4.90 Å². The Morgan fingerprint density at radius 3 is 2.62 bits per heavy atom. The van der Waals surface area contributed by atoms with Crippen molar-refractivity contribution in [2.45, 2.75) is 6.92 Å². The number of aryl methyl sites for hydroxylation is 2. The second-order valence-corrected chi connectivity index (χ2v) is 9.30. The van der Waals surface area contributed by atoms with Gasteiger partial charge in [0, 0.05) is 11.8 Å². The van der Waals surface area contributed by atoms with E-state index in [1.807, 2.05) is 0 Å². The van der Waals surface area contributed by atoms with Crippen LogP contribution in [0.3, 0.4) is 0 Å². The average molecular weight is 352 g/mol. The van der Waals surface area contributed by atoms with Crippen molar-refractivity contribution < 1.29 is 4.57 Å². The zero-order chi connectivity index (χ0) is 17.4. The molecule has 0 fully saturated rings. The van der Waals surface area contributed by atoms with E-state index in [-0.39, 0.29) is 0 Å². The molecule has 0 amide bonds. The molecule has 0 N–H and O–H groups in total. The van der Waals surface area contributed by atoms with Crippen molar-refractivity contribution in [3.8, 4) is 11.3 Å². The molecule has 3 aromatic carbocycles. The third-order valence-corrected chi connectivity index (χ3v) is 7.86. The zero-order valence-electron chi connectivity index (χ0n) is 15.0. The van der Waals surface area contributed by atoms with Gasteiger partial charge in [0.05, 0.1) is 31.8 Å². The summed E-state index contributed by atoms with van der Waals surface area (Å²) in [7, 11) is 1.70. The first-order valence-corrected chi connectivity index (χ1v) is 10.6. The summed E-state index contributed by atoms with van der Waals surface area (Å²) in [5.74, 6) is 0. The molecule has 0 saturated heterocycles. The van der Waals surface area contributed by atoms with Crippen LogP contribution in [0.15, 0.2) is 66.9 Å². The molecule has 2 nitrogen and oxygen atoms in total. The van der Waals surface area contributed by atoms with Crippen molar-refractivity contribution in [1.82, 2.24) is 0 Å². The number of hydrogen-bond donors (Lipinski definition) is 0. The maximum absolute atomic E-state index is 2.53. The summed E-state index contributed by atoms with van der Waals surface area (Å²) in [4.78, 5) is 2.53. The van der Waals surface area contributed by atoms with E-state index in [0.29, 0.717) is 0 Å². The first-order chi connectivity index (χ1) is 12.7. The van der Waals surface area contributed by atoms with Crippen LogP contribution in [-0.4, -0.2) is 9.52 Å². The average Bonchev–Trinajstić information content (AvgIpc) is 2.67. The maximum atomic E-state index is 2.53. The minimum atomic E-state index is -0.470. The number of benzene rings is 3. The van der Waals surface area contributed by atoms with E-state index in [9.17, 15) is 0 Å². The fourth-order valence-corrected chi connectivity index (χ4v) is 6.64. The second kappa shape index (κ2) is 4.83. The van der Waals surface area contributed by atoms with Gasteiger partial charge in [-0.2, -0.15) is 0 Å². The Morgan fingerprint density at radius 1 is 0.846 bits per heavy atom. The predicted molar refractivity (Wildman–Crippen MR) is 111 cm³/mol. The van der Waals surface area contributed by atoms with Crippen molar-refractivity contribution in [3.05, 3.63) is 72.4 Å². The largest absolute Gasteiger partial charge is 0.309 e. The normalized spacial score (nSPS) is 14.5. The maximum Gasteiger partial charge on any atom is 0.224 e. The molecule has 0 bridgehead atoms. The molecular formula is C23H19N2Si+. The van der Waals surface area contributed by atoms with Crippen LogP contribution >= 0.6 is 0 Å².